The number of fused-ring (bicyclic) bond motifs is 6. The molecule has 2 aromatic heterocycles. The molecular weight excluding hydrogens is 703 g/mol. The molecule has 0 saturated carbocycles. The second kappa shape index (κ2) is 13.5. The van der Waals surface area contributed by atoms with Gasteiger partial charge in [-0.25, -0.2) is 0 Å². The first-order valence-electron chi connectivity index (χ1n) is 20.3. The van der Waals surface area contributed by atoms with Crippen LogP contribution in [-0.4, -0.2) is 21.1 Å². The summed E-state index contributed by atoms with van der Waals surface area (Å²) in [4.78, 5) is 2.39. The number of benzene rings is 8. The monoisotopic (exact) mass is 745 g/mol. The van der Waals surface area contributed by atoms with Crippen molar-refractivity contribution in [2.45, 2.75) is 24.9 Å². The summed E-state index contributed by atoms with van der Waals surface area (Å²) in [6, 6.07) is 71.2. The van der Waals surface area contributed by atoms with Crippen molar-refractivity contribution in [2.75, 3.05) is 7.05 Å². The van der Waals surface area contributed by atoms with Crippen molar-refractivity contribution in [3.05, 3.63) is 212 Å². The van der Waals surface area contributed by atoms with Crippen molar-refractivity contribution in [2.24, 2.45) is 0 Å². The van der Waals surface area contributed by atoms with Gasteiger partial charge in [-0.15, -0.1) is 0 Å². The first-order valence-corrected chi connectivity index (χ1v) is 20.3. The highest BCUT2D eigenvalue weighted by Gasteiger charge is 2.35. The van der Waals surface area contributed by atoms with Gasteiger partial charge in [0.05, 0.1) is 22.1 Å². The molecular formula is C55H43N3. The first kappa shape index (κ1) is 34.2. The first-order chi connectivity index (χ1) is 28.5. The molecule has 1 aliphatic heterocycles. The maximum Gasteiger partial charge on any atom is 0.107 e. The highest BCUT2D eigenvalue weighted by Crippen LogP contribution is 2.45. The van der Waals surface area contributed by atoms with Crippen LogP contribution in [0.2, 0.25) is 0 Å². The fraction of sp³-hybridized carbons (Fsp3) is 0.0909. The van der Waals surface area contributed by atoms with E-state index in [1.807, 2.05) is 0 Å². The van der Waals surface area contributed by atoms with Crippen molar-refractivity contribution in [3.63, 3.8) is 0 Å². The molecule has 3 heteroatoms. The average Bonchev–Trinajstić information content (AvgIpc) is 3.80. The van der Waals surface area contributed by atoms with E-state index in [1.54, 1.807) is 0 Å². The van der Waals surface area contributed by atoms with Gasteiger partial charge in [-0.2, -0.15) is 0 Å². The molecule has 11 rings (SSSR count). The Labute approximate surface area is 339 Å². The second-order valence-corrected chi connectivity index (χ2v) is 16.1. The van der Waals surface area contributed by atoms with E-state index in [1.165, 1.54) is 88.2 Å². The summed E-state index contributed by atoms with van der Waals surface area (Å²) in [5.74, 6) is 0. The predicted octanol–water partition coefficient (Wildman–Crippen LogP) is 14.2. The van der Waals surface area contributed by atoms with Gasteiger partial charge in [0.15, 0.2) is 0 Å². The lowest BCUT2D eigenvalue weighted by atomic mass is 9.76. The van der Waals surface area contributed by atoms with E-state index in [0.717, 1.165) is 6.42 Å². The van der Waals surface area contributed by atoms with Crippen LogP contribution in [0, 0.1) is 0 Å². The minimum Gasteiger partial charge on any atom is -0.360 e. The summed E-state index contributed by atoms with van der Waals surface area (Å²) < 4.78 is 4.96. The zero-order valence-electron chi connectivity index (χ0n) is 32.8. The van der Waals surface area contributed by atoms with Crippen molar-refractivity contribution < 1.29 is 0 Å². The Morgan fingerprint density at radius 1 is 0.431 bits per heavy atom. The lowest BCUT2D eigenvalue weighted by molar-refractivity contribution is 0.191. The van der Waals surface area contributed by atoms with Crippen LogP contribution in [-0.2, 0) is 5.41 Å². The lowest BCUT2D eigenvalue weighted by Crippen LogP contribution is -2.36. The van der Waals surface area contributed by atoms with Crippen molar-refractivity contribution >= 4 is 43.6 Å². The fourth-order valence-electron chi connectivity index (χ4n) is 9.51. The van der Waals surface area contributed by atoms with Crippen LogP contribution in [0.3, 0.4) is 0 Å². The molecule has 0 N–H and O–H groups in total. The highest BCUT2D eigenvalue weighted by atomic mass is 15.3. The van der Waals surface area contributed by atoms with Crippen molar-refractivity contribution in [1.82, 2.24) is 14.0 Å². The number of aromatic nitrogens is 2. The van der Waals surface area contributed by atoms with Gasteiger partial charge in [0, 0.05) is 39.7 Å². The summed E-state index contributed by atoms with van der Waals surface area (Å²) >= 11 is 0. The van der Waals surface area contributed by atoms with E-state index in [9.17, 15) is 0 Å². The summed E-state index contributed by atoms with van der Waals surface area (Å²) in [5.41, 5.74) is 14.7. The van der Waals surface area contributed by atoms with Gasteiger partial charge in [-0.05, 0) is 100 Å². The molecule has 2 atom stereocenters. The Kier molecular flexibility index (Phi) is 7.97. The normalized spacial score (nSPS) is 16.9. The van der Waals surface area contributed by atoms with Crippen LogP contribution in [0.4, 0.5) is 0 Å². The molecule has 0 radical (unpaired) electrons. The van der Waals surface area contributed by atoms with Crippen molar-refractivity contribution in [3.8, 4) is 39.1 Å². The summed E-state index contributed by atoms with van der Waals surface area (Å²) in [5, 5.41) is 5.10. The van der Waals surface area contributed by atoms with Gasteiger partial charge < -0.3 is 14.0 Å². The number of hydrogen-bond acceptors (Lipinski definition) is 1. The standard InChI is InChI=1S/C55H43N3/c1-55(44-17-13-16-41(34-44)40-26-24-39(25-27-40)38-14-5-3-6-15-38)32-33-56(2)54(37-55)58-51-23-12-10-21-47(51)49-36-43(29-31-53(49)58)42-28-30-52-48(35-42)46-20-9-11-22-50(46)57(52)45-18-7-4-8-19-45/h3-36,54H,37H2,1-2H3. The molecule has 0 saturated heterocycles. The number of rotatable bonds is 6. The average molecular weight is 746 g/mol. The highest BCUT2D eigenvalue weighted by molar-refractivity contribution is 6.12. The zero-order valence-corrected chi connectivity index (χ0v) is 32.8. The molecule has 10 aromatic rings. The third kappa shape index (κ3) is 5.57. The van der Waals surface area contributed by atoms with E-state index >= 15 is 0 Å². The smallest absolute Gasteiger partial charge is 0.107 e. The Bertz CT molecular complexity index is 3170. The Morgan fingerprint density at radius 2 is 0.914 bits per heavy atom. The second-order valence-electron chi connectivity index (χ2n) is 16.1. The van der Waals surface area contributed by atoms with Gasteiger partial charge in [0.25, 0.3) is 0 Å². The van der Waals surface area contributed by atoms with Crippen LogP contribution in [0.5, 0.6) is 0 Å². The third-order valence-electron chi connectivity index (χ3n) is 12.6. The van der Waals surface area contributed by atoms with E-state index < -0.39 is 0 Å². The van der Waals surface area contributed by atoms with Crippen LogP contribution in [0.25, 0.3) is 82.7 Å². The molecule has 2 unspecified atom stereocenters. The Hall–Kier alpha value is -7.10. The van der Waals surface area contributed by atoms with Gasteiger partial charge in [-0.1, -0.05) is 159 Å². The lowest BCUT2D eigenvalue weighted by Gasteiger charge is -2.41. The predicted molar refractivity (Wildman–Crippen MR) is 244 cm³/mol. The van der Waals surface area contributed by atoms with E-state index in [4.69, 9.17) is 0 Å². The Morgan fingerprint density at radius 3 is 1.64 bits per heavy atom. The summed E-state index contributed by atoms with van der Waals surface area (Å²) in [7, 11) is 2.22. The third-order valence-corrected chi connectivity index (χ3v) is 12.6. The van der Waals surface area contributed by atoms with Crippen LogP contribution in [0.1, 0.15) is 25.1 Å². The topological polar surface area (TPSA) is 13.1 Å². The molecule has 0 bridgehead atoms. The minimum absolute atomic E-state index is 0.123. The van der Waals surface area contributed by atoms with E-state index in [-0.39, 0.29) is 11.6 Å². The van der Waals surface area contributed by atoms with E-state index in [2.05, 4.69) is 234 Å². The number of hydrogen-bond donors (Lipinski definition) is 0. The Balaban J connectivity index is 0.966. The molecule has 3 nitrogen and oxygen atoms in total. The molecule has 0 fully saturated rings. The van der Waals surface area contributed by atoms with Crippen LogP contribution >= 0.6 is 0 Å². The molecule has 0 aliphatic carbocycles. The van der Waals surface area contributed by atoms with Gasteiger partial charge in [-0.3, -0.25) is 0 Å². The quantitative estimate of drug-likeness (QED) is 0.165. The summed E-state index contributed by atoms with van der Waals surface area (Å²) in [6.45, 7) is 2.40. The van der Waals surface area contributed by atoms with Crippen LogP contribution < -0.4 is 0 Å². The van der Waals surface area contributed by atoms with Gasteiger partial charge in [0.2, 0.25) is 0 Å². The van der Waals surface area contributed by atoms with Crippen molar-refractivity contribution in [1.29, 1.82) is 0 Å². The molecule has 3 heterocycles. The molecule has 0 amide bonds. The van der Waals surface area contributed by atoms with Crippen LogP contribution in [0.15, 0.2) is 206 Å². The summed E-state index contributed by atoms with van der Waals surface area (Å²) in [6.07, 6.45) is 5.76. The maximum absolute atomic E-state index is 2.58. The number of allylic oxidation sites excluding steroid dienone is 1. The number of para-hydroxylation sites is 3. The fourth-order valence-corrected chi connectivity index (χ4v) is 9.51. The molecule has 58 heavy (non-hydrogen) atoms. The van der Waals surface area contributed by atoms with E-state index in [0.29, 0.717) is 0 Å². The molecule has 278 valence electrons. The number of nitrogens with zero attached hydrogens (tertiary/aromatic N) is 3. The maximum atomic E-state index is 2.58. The zero-order chi connectivity index (χ0) is 38.8. The molecule has 8 aromatic carbocycles. The largest absolute Gasteiger partial charge is 0.360 e. The minimum atomic E-state index is -0.164. The molecule has 0 spiro atoms. The van der Waals surface area contributed by atoms with Gasteiger partial charge in [0.1, 0.15) is 6.17 Å². The SMILES string of the molecule is CN1C=CC(C)(c2cccc(-c3ccc(-c4ccccc4)cc3)c2)CC1n1c2ccccc2c2cc(-c3ccc4c(c3)c3ccccc3n4-c3ccccc3)ccc21. The molecule has 1 aliphatic rings. The van der Waals surface area contributed by atoms with Gasteiger partial charge >= 0.3 is 0 Å².